The average molecular weight is 253 g/mol. The van der Waals surface area contributed by atoms with Crippen molar-refractivity contribution in [3.63, 3.8) is 0 Å². The second-order valence-corrected chi connectivity index (χ2v) is 5.92. The van der Waals surface area contributed by atoms with E-state index in [1.165, 1.54) is 0 Å². The Labute approximate surface area is 108 Å². The van der Waals surface area contributed by atoms with Gasteiger partial charge in [0.2, 0.25) is 0 Å². The van der Waals surface area contributed by atoms with Gasteiger partial charge in [0.05, 0.1) is 23.9 Å². The fourth-order valence-electron chi connectivity index (χ4n) is 1.99. The van der Waals surface area contributed by atoms with Crippen molar-refractivity contribution >= 4 is 5.91 Å². The van der Waals surface area contributed by atoms with E-state index in [0.717, 1.165) is 6.42 Å². The molecule has 0 aliphatic rings. The predicted molar refractivity (Wildman–Crippen MR) is 70.4 cm³/mol. The minimum absolute atomic E-state index is 0.0533. The van der Waals surface area contributed by atoms with Crippen molar-refractivity contribution < 1.29 is 9.90 Å². The molecule has 0 saturated carbocycles. The Hall–Kier alpha value is -1.36. The Morgan fingerprint density at radius 2 is 2.17 bits per heavy atom. The third-order valence-electron chi connectivity index (χ3n) is 2.67. The van der Waals surface area contributed by atoms with Crippen LogP contribution in [-0.4, -0.2) is 33.4 Å². The van der Waals surface area contributed by atoms with Crippen molar-refractivity contribution in [2.75, 3.05) is 6.61 Å². The van der Waals surface area contributed by atoms with Crippen LogP contribution in [-0.2, 0) is 7.05 Å². The number of carbonyl (C=O) groups excluding carboxylic acids is 1. The number of amides is 1. The molecule has 0 bridgehead atoms. The number of hydrogen-bond donors (Lipinski definition) is 2. The molecule has 0 aliphatic carbocycles. The minimum atomic E-state index is -0.225. The minimum Gasteiger partial charge on any atom is -0.394 e. The van der Waals surface area contributed by atoms with Crippen LogP contribution in [0.1, 0.15) is 43.2 Å². The van der Waals surface area contributed by atoms with E-state index >= 15 is 0 Å². The van der Waals surface area contributed by atoms with Gasteiger partial charge in [-0.15, -0.1) is 0 Å². The molecule has 0 saturated heterocycles. The number of aryl methyl sites for hydroxylation is 2. The predicted octanol–water partition coefficient (Wildman–Crippen LogP) is 1.26. The molecule has 5 nitrogen and oxygen atoms in total. The maximum Gasteiger partial charge on any atom is 0.255 e. The van der Waals surface area contributed by atoms with E-state index in [0.29, 0.717) is 11.3 Å². The maximum atomic E-state index is 12.1. The Balaban J connectivity index is 2.71. The largest absolute Gasteiger partial charge is 0.394 e. The molecule has 0 radical (unpaired) electrons. The van der Waals surface area contributed by atoms with Crippen LogP contribution in [0.3, 0.4) is 0 Å². The molecule has 1 heterocycles. The normalized spacial score (nSPS) is 13.4. The zero-order valence-corrected chi connectivity index (χ0v) is 11.8. The molecule has 102 valence electrons. The number of nitrogens with one attached hydrogen (secondary N) is 1. The van der Waals surface area contributed by atoms with Crippen LogP contribution < -0.4 is 5.32 Å². The standard InChI is InChI=1S/C13H23N3O2/c1-9-11(7-16(5)15-9)12(18)14-10(8-17)6-13(2,3)4/h7,10,17H,6,8H2,1-5H3,(H,14,18). The van der Waals surface area contributed by atoms with Crippen molar-refractivity contribution in [2.45, 2.75) is 40.2 Å². The summed E-state index contributed by atoms with van der Waals surface area (Å²) >= 11 is 0. The fraction of sp³-hybridized carbons (Fsp3) is 0.692. The average Bonchev–Trinajstić information content (AvgIpc) is 2.54. The summed E-state index contributed by atoms with van der Waals surface area (Å²) in [7, 11) is 1.78. The number of nitrogens with zero attached hydrogens (tertiary/aromatic N) is 2. The molecule has 0 aliphatic heterocycles. The van der Waals surface area contributed by atoms with Gasteiger partial charge < -0.3 is 10.4 Å². The Bertz CT molecular complexity index is 418. The number of aliphatic hydroxyl groups is 1. The maximum absolute atomic E-state index is 12.1. The lowest BCUT2D eigenvalue weighted by Gasteiger charge is -2.25. The third-order valence-corrected chi connectivity index (χ3v) is 2.67. The summed E-state index contributed by atoms with van der Waals surface area (Å²) in [6.45, 7) is 7.99. The van der Waals surface area contributed by atoms with Gasteiger partial charge >= 0.3 is 0 Å². The third kappa shape index (κ3) is 4.14. The number of rotatable bonds is 4. The molecule has 1 rings (SSSR count). The van der Waals surface area contributed by atoms with Gasteiger partial charge in [-0.1, -0.05) is 20.8 Å². The highest BCUT2D eigenvalue weighted by atomic mass is 16.3. The Kier molecular flexibility index (Phi) is 4.51. The second-order valence-electron chi connectivity index (χ2n) is 5.92. The van der Waals surface area contributed by atoms with Gasteiger partial charge in [0, 0.05) is 13.2 Å². The molecule has 1 aromatic rings. The van der Waals surface area contributed by atoms with Gasteiger partial charge in [-0.25, -0.2) is 0 Å². The van der Waals surface area contributed by atoms with Gasteiger partial charge in [-0.2, -0.15) is 5.10 Å². The van der Waals surface area contributed by atoms with E-state index in [-0.39, 0.29) is 24.0 Å². The Morgan fingerprint density at radius 3 is 2.56 bits per heavy atom. The monoisotopic (exact) mass is 253 g/mol. The van der Waals surface area contributed by atoms with Crippen molar-refractivity contribution in [2.24, 2.45) is 12.5 Å². The highest BCUT2D eigenvalue weighted by Gasteiger charge is 2.21. The fourth-order valence-corrected chi connectivity index (χ4v) is 1.99. The number of carbonyl (C=O) groups is 1. The van der Waals surface area contributed by atoms with Crippen molar-refractivity contribution in [3.8, 4) is 0 Å². The first-order valence-corrected chi connectivity index (χ1v) is 6.15. The van der Waals surface area contributed by atoms with E-state index in [9.17, 15) is 9.90 Å². The van der Waals surface area contributed by atoms with E-state index in [1.807, 2.05) is 0 Å². The number of aromatic nitrogens is 2. The topological polar surface area (TPSA) is 67.2 Å². The van der Waals surface area contributed by atoms with E-state index in [4.69, 9.17) is 0 Å². The number of aliphatic hydroxyl groups excluding tert-OH is 1. The number of hydrogen-bond acceptors (Lipinski definition) is 3. The summed E-state index contributed by atoms with van der Waals surface area (Å²) in [5, 5.41) is 16.3. The van der Waals surface area contributed by atoms with E-state index < -0.39 is 0 Å². The van der Waals surface area contributed by atoms with Crippen LogP contribution in [0.4, 0.5) is 0 Å². The lowest BCUT2D eigenvalue weighted by molar-refractivity contribution is 0.0897. The molecule has 1 unspecified atom stereocenters. The zero-order valence-electron chi connectivity index (χ0n) is 11.8. The van der Waals surface area contributed by atoms with E-state index in [2.05, 4.69) is 31.2 Å². The molecular formula is C13H23N3O2. The molecule has 0 aromatic carbocycles. The Morgan fingerprint density at radius 1 is 1.56 bits per heavy atom. The van der Waals surface area contributed by atoms with Gasteiger partial charge in [0.1, 0.15) is 0 Å². The van der Waals surface area contributed by atoms with Gasteiger partial charge in [0.25, 0.3) is 5.91 Å². The van der Waals surface area contributed by atoms with Crippen LogP contribution in [0.25, 0.3) is 0 Å². The van der Waals surface area contributed by atoms with Gasteiger partial charge in [-0.05, 0) is 18.8 Å². The molecule has 0 fully saturated rings. The van der Waals surface area contributed by atoms with Gasteiger partial charge in [0.15, 0.2) is 0 Å². The lowest BCUT2D eigenvalue weighted by Crippen LogP contribution is -2.40. The first kappa shape index (κ1) is 14.7. The molecule has 1 aromatic heterocycles. The van der Waals surface area contributed by atoms with Crippen molar-refractivity contribution in [3.05, 3.63) is 17.5 Å². The molecule has 1 amide bonds. The summed E-state index contributed by atoms with van der Waals surface area (Å²) in [5.41, 5.74) is 1.32. The molecule has 18 heavy (non-hydrogen) atoms. The van der Waals surface area contributed by atoms with Crippen molar-refractivity contribution in [1.29, 1.82) is 0 Å². The summed E-state index contributed by atoms with van der Waals surface area (Å²) in [5.74, 6) is -0.177. The highest BCUT2D eigenvalue weighted by molar-refractivity contribution is 5.95. The highest BCUT2D eigenvalue weighted by Crippen LogP contribution is 2.20. The second kappa shape index (κ2) is 5.52. The summed E-state index contributed by atoms with van der Waals surface area (Å²) in [6, 6.07) is -0.225. The van der Waals surface area contributed by atoms with Crippen molar-refractivity contribution in [1.82, 2.24) is 15.1 Å². The van der Waals surface area contributed by atoms with Crippen LogP contribution in [0, 0.1) is 12.3 Å². The summed E-state index contributed by atoms with van der Waals surface area (Å²) in [4.78, 5) is 12.1. The summed E-state index contributed by atoms with van der Waals surface area (Å²) < 4.78 is 1.61. The molecule has 1 atom stereocenters. The first-order chi connectivity index (χ1) is 8.23. The lowest BCUT2D eigenvalue weighted by atomic mass is 9.88. The molecule has 2 N–H and O–H groups in total. The molecule has 0 spiro atoms. The van der Waals surface area contributed by atoms with Gasteiger partial charge in [-0.3, -0.25) is 9.48 Å². The molecule has 5 heteroatoms. The SMILES string of the molecule is Cc1nn(C)cc1C(=O)NC(CO)CC(C)(C)C. The zero-order chi connectivity index (χ0) is 13.9. The smallest absolute Gasteiger partial charge is 0.255 e. The van der Waals surface area contributed by atoms with Crippen LogP contribution in [0.5, 0.6) is 0 Å². The first-order valence-electron chi connectivity index (χ1n) is 6.15. The van der Waals surface area contributed by atoms with Crippen LogP contribution in [0.2, 0.25) is 0 Å². The van der Waals surface area contributed by atoms with E-state index in [1.54, 1.807) is 24.9 Å². The van der Waals surface area contributed by atoms with Crippen LogP contribution in [0.15, 0.2) is 6.20 Å². The van der Waals surface area contributed by atoms with Crippen LogP contribution >= 0.6 is 0 Å². The molecular weight excluding hydrogens is 230 g/mol. The quantitative estimate of drug-likeness (QED) is 0.848. The summed E-state index contributed by atoms with van der Waals surface area (Å²) in [6.07, 6.45) is 2.42.